The quantitative estimate of drug-likeness (QED) is 0.587. The van der Waals surface area contributed by atoms with Crippen LogP contribution in [0.4, 0.5) is 0 Å². The summed E-state index contributed by atoms with van der Waals surface area (Å²) >= 11 is 1.88. The van der Waals surface area contributed by atoms with E-state index < -0.39 is 0 Å². The molecular weight excluding hydrogens is 258 g/mol. The number of thioether (sulfide) groups is 1. The van der Waals surface area contributed by atoms with Crippen LogP contribution < -0.4 is 0 Å². The molecule has 3 nitrogen and oxygen atoms in total. The minimum absolute atomic E-state index is 0.00526. The Bertz CT molecular complexity index is 352. The van der Waals surface area contributed by atoms with Crippen LogP contribution in [0.2, 0.25) is 0 Å². The Hall–Kier alpha value is -0.510. The van der Waals surface area contributed by atoms with Crippen LogP contribution >= 0.6 is 11.8 Å². The zero-order chi connectivity index (χ0) is 14.8. The summed E-state index contributed by atoms with van der Waals surface area (Å²) in [5, 5.41) is 0. The molecular formula is C15H27NO2S. The van der Waals surface area contributed by atoms with E-state index in [2.05, 4.69) is 20.8 Å². The summed E-state index contributed by atoms with van der Waals surface area (Å²) in [7, 11) is 0. The third-order valence-corrected chi connectivity index (χ3v) is 4.71. The first-order valence-electron chi connectivity index (χ1n) is 7.00. The Kier molecular flexibility index (Phi) is 5.10. The lowest BCUT2D eigenvalue weighted by atomic mass is 9.80. The van der Waals surface area contributed by atoms with Crippen molar-refractivity contribution in [2.75, 3.05) is 12.3 Å². The Morgan fingerprint density at radius 2 is 1.74 bits per heavy atom. The molecule has 0 aliphatic carbocycles. The lowest BCUT2D eigenvalue weighted by Gasteiger charge is -2.25. The van der Waals surface area contributed by atoms with Gasteiger partial charge in [-0.1, -0.05) is 41.5 Å². The number of carbonyl (C=O) groups is 2. The van der Waals surface area contributed by atoms with E-state index in [-0.39, 0.29) is 27.9 Å². The summed E-state index contributed by atoms with van der Waals surface area (Å²) in [6.45, 7) is 13.2. The fourth-order valence-corrected chi connectivity index (χ4v) is 3.08. The summed E-state index contributed by atoms with van der Waals surface area (Å²) in [6.07, 6.45) is 1.27. The van der Waals surface area contributed by atoms with Gasteiger partial charge in [-0.2, -0.15) is 11.8 Å². The molecule has 1 aliphatic heterocycles. The minimum Gasteiger partial charge on any atom is -0.282 e. The maximum atomic E-state index is 12.3. The normalized spacial score (nSPS) is 21.4. The fourth-order valence-electron chi connectivity index (χ4n) is 2.20. The molecule has 4 heteroatoms. The predicted octanol–water partition coefficient (Wildman–Crippen LogP) is 3.33. The molecule has 110 valence electrons. The molecule has 0 spiro atoms. The lowest BCUT2D eigenvalue weighted by Crippen LogP contribution is -2.35. The van der Waals surface area contributed by atoms with Crippen LogP contribution in [0.5, 0.6) is 0 Å². The smallest absolute Gasteiger partial charge is 0.233 e. The molecule has 1 unspecified atom stereocenters. The standard InChI is InChI=1S/C15H27NO2S/c1-14(2,3)11-10-12(17)16(13(11)18)8-7-9-19-15(4,5)6/h11H,7-10H2,1-6H3. The first-order valence-corrected chi connectivity index (χ1v) is 7.99. The molecule has 1 aliphatic rings. The van der Waals surface area contributed by atoms with E-state index in [1.807, 2.05) is 32.5 Å². The minimum atomic E-state index is -0.143. The van der Waals surface area contributed by atoms with E-state index in [9.17, 15) is 9.59 Å². The van der Waals surface area contributed by atoms with Crippen molar-refractivity contribution in [3.05, 3.63) is 0 Å². The molecule has 0 saturated carbocycles. The Balaban J connectivity index is 2.47. The zero-order valence-electron chi connectivity index (χ0n) is 13.1. The van der Waals surface area contributed by atoms with Crippen LogP contribution in [-0.2, 0) is 9.59 Å². The number of carbonyl (C=O) groups excluding carboxylic acids is 2. The van der Waals surface area contributed by atoms with Gasteiger partial charge in [0.25, 0.3) is 0 Å². The number of amides is 2. The molecule has 0 bridgehead atoms. The second kappa shape index (κ2) is 5.86. The van der Waals surface area contributed by atoms with Gasteiger partial charge in [-0.15, -0.1) is 0 Å². The first kappa shape index (κ1) is 16.5. The lowest BCUT2D eigenvalue weighted by molar-refractivity contribution is -0.140. The van der Waals surface area contributed by atoms with E-state index in [0.717, 1.165) is 12.2 Å². The van der Waals surface area contributed by atoms with Crippen LogP contribution in [0.1, 0.15) is 54.4 Å². The highest BCUT2D eigenvalue weighted by atomic mass is 32.2. The molecule has 0 aromatic rings. The molecule has 1 saturated heterocycles. The number of imide groups is 1. The molecule has 0 radical (unpaired) electrons. The Morgan fingerprint density at radius 1 is 1.16 bits per heavy atom. The van der Waals surface area contributed by atoms with Gasteiger partial charge in [0.15, 0.2) is 0 Å². The van der Waals surface area contributed by atoms with Gasteiger partial charge < -0.3 is 0 Å². The van der Waals surface area contributed by atoms with Gasteiger partial charge >= 0.3 is 0 Å². The van der Waals surface area contributed by atoms with E-state index in [4.69, 9.17) is 0 Å². The number of likely N-dealkylation sites (tertiary alicyclic amines) is 1. The molecule has 0 aromatic carbocycles. The number of rotatable bonds is 4. The van der Waals surface area contributed by atoms with Crippen molar-refractivity contribution < 1.29 is 9.59 Å². The van der Waals surface area contributed by atoms with Crippen LogP contribution in [-0.4, -0.2) is 33.8 Å². The van der Waals surface area contributed by atoms with Gasteiger partial charge in [0.2, 0.25) is 11.8 Å². The SMILES string of the molecule is CC(C)(C)SCCCN1C(=O)CC(C(C)(C)C)C1=O. The fraction of sp³-hybridized carbons (Fsp3) is 0.867. The maximum Gasteiger partial charge on any atom is 0.233 e. The largest absolute Gasteiger partial charge is 0.282 e. The van der Waals surface area contributed by atoms with Gasteiger partial charge in [0.1, 0.15) is 0 Å². The van der Waals surface area contributed by atoms with E-state index in [0.29, 0.717) is 13.0 Å². The van der Waals surface area contributed by atoms with Crippen molar-refractivity contribution in [3.63, 3.8) is 0 Å². The number of hydrogen-bond donors (Lipinski definition) is 0. The highest BCUT2D eigenvalue weighted by Crippen LogP contribution is 2.35. The average Bonchev–Trinajstić information content (AvgIpc) is 2.48. The molecule has 1 atom stereocenters. The van der Waals surface area contributed by atoms with Gasteiger partial charge in [-0.3, -0.25) is 14.5 Å². The van der Waals surface area contributed by atoms with Crippen molar-refractivity contribution in [1.82, 2.24) is 4.90 Å². The average molecular weight is 285 g/mol. The molecule has 2 amide bonds. The van der Waals surface area contributed by atoms with Gasteiger partial charge in [0, 0.05) is 17.7 Å². The summed E-state index contributed by atoms with van der Waals surface area (Å²) in [4.78, 5) is 25.7. The third kappa shape index (κ3) is 4.83. The summed E-state index contributed by atoms with van der Waals surface area (Å²) < 4.78 is 0.243. The number of hydrogen-bond acceptors (Lipinski definition) is 3. The van der Waals surface area contributed by atoms with Crippen LogP contribution in [0.25, 0.3) is 0 Å². The molecule has 1 heterocycles. The molecule has 0 aromatic heterocycles. The van der Waals surface area contributed by atoms with Gasteiger partial charge in [-0.25, -0.2) is 0 Å². The third-order valence-electron chi connectivity index (χ3n) is 3.35. The van der Waals surface area contributed by atoms with Crippen molar-refractivity contribution in [3.8, 4) is 0 Å². The summed E-state index contributed by atoms with van der Waals surface area (Å²) in [6, 6.07) is 0. The monoisotopic (exact) mass is 285 g/mol. The topological polar surface area (TPSA) is 37.4 Å². The van der Waals surface area contributed by atoms with Gasteiger partial charge in [0.05, 0.1) is 5.92 Å². The molecule has 0 N–H and O–H groups in total. The van der Waals surface area contributed by atoms with Crippen molar-refractivity contribution in [2.24, 2.45) is 11.3 Å². The zero-order valence-corrected chi connectivity index (χ0v) is 13.9. The van der Waals surface area contributed by atoms with Crippen molar-refractivity contribution in [2.45, 2.75) is 59.1 Å². The van der Waals surface area contributed by atoms with E-state index in [1.165, 1.54) is 4.90 Å². The summed E-state index contributed by atoms with van der Waals surface area (Å²) in [5.74, 6) is 0.875. The second-order valence-corrected chi connectivity index (χ2v) is 9.24. The van der Waals surface area contributed by atoms with Crippen molar-refractivity contribution in [1.29, 1.82) is 0 Å². The molecule has 1 fully saturated rings. The van der Waals surface area contributed by atoms with E-state index in [1.54, 1.807) is 0 Å². The molecule has 1 rings (SSSR count). The highest BCUT2D eigenvalue weighted by molar-refractivity contribution is 8.00. The number of nitrogens with zero attached hydrogens (tertiary/aromatic N) is 1. The predicted molar refractivity (Wildman–Crippen MR) is 81.1 cm³/mol. The second-order valence-electron chi connectivity index (χ2n) is 7.32. The summed E-state index contributed by atoms with van der Waals surface area (Å²) in [5.41, 5.74) is -0.123. The van der Waals surface area contributed by atoms with Crippen LogP contribution in [0.3, 0.4) is 0 Å². The first-order chi connectivity index (χ1) is 8.52. The highest BCUT2D eigenvalue weighted by Gasteiger charge is 2.44. The Morgan fingerprint density at radius 3 is 2.16 bits per heavy atom. The Labute approximate surface area is 121 Å². The maximum absolute atomic E-state index is 12.3. The van der Waals surface area contributed by atoms with Crippen LogP contribution in [0, 0.1) is 11.3 Å². The van der Waals surface area contributed by atoms with Crippen LogP contribution in [0.15, 0.2) is 0 Å². The molecule has 19 heavy (non-hydrogen) atoms. The van der Waals surface area contributed by atoms with E-state index >= 15 is 0 Å². The van der Waals surface area contributed by atoms with Gasteiger partial charge in [-0.05, 0) is 17.6 Å². The van der Waals surface area contributed by atoms with Crippen molar-refractivity contribution >= 4 is 23.6 Å².